The maximum absolute atomic E-state index is 11.7. The van der Waals surface area contributed by atoms with E-state index < -0.39 is 5.60 Å². The van der Waals surface area contributed by atoms with Crippen molar-refractivity contribution in [2.75, 3.05) is 27.2 Å². The van der Waals surface area contributed by atoms with E-state index >= 15 is 0 Å². The maximum atomic E-state index is 11.7. The molecule has 0 unspecified atom stereocenters. The number of H-pyrrole nitrogens is 1. The molecule has 0 atom stereocenters. The molecule has 0 spiro atoms. The zero-order valence-electron chi connectivity index (χ0n) is 23.5. The molecule has 0 aliphatic carbocycles. The topological polar surface area (TPSA) is 70.2 Å². The molecule has 6 nitrogen and oxygen atoms in total. The Balaban J connectivity index is 1.56. The molecular formula is C33H38N4O2. The number of benzene rings is 3. The number of aromatic nitrogens is 2. The van der Waals surface area contributed by atoms with Gasteiger partial charge in [0.05, 0.1) is 11.7 Å². The summed E-state index contributed by atoms with van der Waals surface area (Å²) in [6.45, 7) is 7.55. The maximum Gasteiger partial charge on any atom is 0.245 e. The summed E-state index contributed by atoms with van der Waals surface area (Å²) < 4.78 is 6.34. The summed E-state index contributed by atoms with van der Waals surface area (Å²) in [6.07, 6.45) is 6.18. The Bertz CT molecular complexity index is 1450. The first-order valence-corrected chi connectivity index (χ1v) is 13.4. The summed E-state index contributed by atoms with van der Waals surface area (Å²) in [4.78, 5) is 13.2. The van der Waals surface area contributed by atoms with Crippen LogP contribution in [0.25, 0.3) is 22.0 Å². The van der Waals surface area contributed by atoms with Crippen LogP contribution in [0.4, 0.5) is 0 Å². The van der Waals surface area contributed by atoms with Gasteiger partial charge in [0.1, 0.15) is 11.4 Å². The minimum atomic E-state index is -0.426. The van der Waals surface area contributed by atoms with Crippen molar-refractivity contribution in [2.45, 2.75) is 32.8 Å². The Morgan fingerprint density at radius 3 is 2.41 bits per heavy atom. The lowest BCUT2D eigenvalue weighted by Crippen LogP contribution is -2.40. The Kier molecular flexibility index (Phi) is 8.99. The van der Waals surface area contributed by atoms with E-state index in [2.05, 4.69) is 96.9 Å². The summed E-state index contributed by atoms with van der Waals surface area (Å²) in [7, 11) is 3.48. The van der Waals surface area contributed by atoms with Crippen LogP contribution in [-0.4, -0.2) is 53.8 Å². The molecule has 4 rings (SSSR count). The van der Waals surface area contributed by atoms with E-state index in [4.69, 9.17) is 4.74 Å². The van der Waals surface area contributed by atoms with Crippen LogP contribution >= 0.6 is 0 Å². The van der Waals surface area contributed by atoms with Crippen LogP contribution < -0.4 is 10.1 Å². The van der Waals surface area contributed by atoms with E-state index in [1.807, 2.05) is 24.4 Å². The summed E-state index contributed by atoms with van der Waals surface area (Å²) in [5.74, 6) is 0.787. The number of fused-ring (bicyclic) bond motifs is 1. The van der Waals surface area contributed by atoms with E-state index in [1.165, 1.54) is 16.7 Å². The first-order valence-electron chi connectivity index (χ1n) is 13.4. The smallest absolute Gasteiger partial charge is 0.245 e. The number of carbonyl (C=O) groups is 1. The predicted octanol–water partition coefficient (Wildman–Crippen LogP) is 6.32. The molecule has 3 aromatic carbocycles. The van der Waals surface area contributed by atoms with E-state index in [9.17, 15) is 4.79 Å². The highest BCUT2D eigenvalue weighted by atomic mass is 16.5. The Hall–Kier alpha value is -4.16. The molecule has 1 heterocycles. The van der Waals surface area contributed by atoms with Crippen LogP contribution in [0, 0.1) is 0 Å². The van der Waals surface area contributed by atoms with Crippen molar-refractivity contribution in [3.05, 3.63) is 108 Å². The summed E-state index contributed by atoms with van der Waals surface area (Å²) in [6, 6.07) is 25.4. The van der Waals surface area contributed by atoms with Gasteiger partial charge in [0.25, 0.3) is 0 Å². The molecule has 6 heteroatoms. The molecule has 0 aliphatic heterocycles. The first-order chi connectivity index (χ1) is 18.8. The highest BCUT2D eigenvalue weighted by Gasteiger charge is 2.20. The van der Waals surface area contributed by atoms with Crippen molar-refractivity contribution in [1.29, 1.82) is 0 Å². The Morgan fingerprint density at radius 1 is 1.00 bits per heavy atom. The van der Waals surface area contributed by atoms with Crippen molar-refractivity contribution in [2.24, 2.45) is 0 Å². The minimum absolute atomic E-state index is 0.0241. The van der Waals surface area contributed by atoms with E-state index in [-0.39, 0.29) is 5.91 Å². The van der Waals surface area contributed by atoms with Crippen molar-refractivity contribution in [3.63, 3.8) is 0 Å². The van der Waals surface area contributed by atoms with Crippen LogP contribution in [0.1, 0.15) is 43.9 Å². The quantitative estimate of drug-likeness (QED) is 0.137. The number of rotatable bonds is 11. The van der Waals surface area contributed by atoms with Crippen LogP contribution in [-0.2, 0) is 4.79 Å². The van der Waals surface area contributed by atoms with Gasteiger partial charge >= 0.3 is 0 Å². The second kappa shape index (κ2) is 12.6. The van der Waals surface area contributed by atoms with Crippen molar-refractivity contribution in [1.82, 2.24) is 20.4 Å². The molecule has 4 aromatic rings. The molecule has 39 heavy (non-hydrogen) atoms. The lowest BCUT2D eigenvalue weighted by atomic mass is 9.88. The lowest BCUT2D eigenvalue weighted by molar-refractivity contribution is -0.123. The molecule has 0 radical (unpaired) electrons. The number of carbonyl (C=O) groups excluding carboxylic acids is 1. The van der Waals surface area contributed by atoms with E-state index in [0.29, 0.717) is 13.1 Å². The molecule has 0 fully saturated rings. The lowest BCUT2D eigenvalue weighted by Gasteiger charge is -2.27. The number of nitrogens with zero attached hydrogens (tertiary/aromatic N) is 2. The molecule has 0 saturated carbocycles. The zero-order valence-corrected chi connectivity index (χ0v) is 23.5. The van der Waals surface area contributed by atoms with Gasteiger partial charge in [-0.2, -0.15) is 5.10 Å². The molecule has 202 valence electrons. The first kappa shape index (κ1) is 27.9. The number of hydrogen-bond acceptors (Lipinski definition) is 4. The standard InChI is InChI=1S/C33H38N4O2/c1-6-29(24-11-8-7-9-12-24)32(26-16-19-30-27(21-26)22-35-36-30)25-14-17-28(18-15-25)39-33(2,3)23-34-20-10-13-31(38)37(4)5/h7-19,21-22,34H,6,20,23H2,1-5H3,(H,35,36). The average molecular weight is 523 g/mol. The van der Waals surface area contributed by atoms with Crippen LogP contribution in [0.2, 0.25) is 0 Å². The number of hydrogen-bond donors (Lipinski definition) is 2. The van der Waals surface area contributed by atoms with Gasteiger partial charge in [-0.15, -0.1) is 0 Å². The fourth-order valence-electron chi connectivity index (χ4n) is 4.59. The van der Waals surface area contributed by atoms with Crippen molar-refractivity contribution >= 4 is 28.0 Å². The molecule has 0 saturated heterocycles. The molecule has 1 aromatic heterocycles. The third kappa shape index (κ3) is 7.24. The summed E-state index contributed by atoms with van der Waals surface area (Å²) >= 11 is 0. The third-order valence-electron chi connectivity index (χ3n) is 6.56. The number of amides is 1. The number of likely N-dealkylation sites (N-methyl/N-ethyl adjacent to an activating group) is 1. The van der Waals surface area contributed by atoms with Gasteiger partial charge in [-0.05, 0) is 72.4 Å². The largest absolute Gasteiger partial charge is 0.487 e. The number of nitrogens with one attached hydrogen (secondary N) is 2. The van der Waals surface area contributed by atoms with Gasteiger partial charge in [0, 0.05) is 38.6 Å². The van der Waals surface area contributed by atoms with Gasteiger partial charge in [0.15, 0.2) is 0 Å². The monoisotopic (exact) mass is 522 g/mol. The fourth-order valence-corrected chi connectivity index (χ4v) is 4.59. The second-order valence-electron chi connectivity index (χ2n) is 10.4. The van der Waals surface area contributed by atoms with Crippen molar-refractivity contribution < 1.29 is 9.53 Å². The molecule has 1 amide bonds. The molecule has 2 N–H and O–H groups in total. The number of aromatic amines is 1. The number of allylic oxidation sites excluding steroid dienone is 1. The highest BCUT2D eigenvalue weighted by Crippen LogP contribution is 2.36. The predicted molar refractivity (Wildman–Crippen MR) is 161 cm³/mol. The average Bonchev–Trinajstić information content (AvgIpc) is 3.40. The van der Waals surface area contributed by atoms with Gasteiger partial charge < -0.3 is 15.0 Å². The van der Waals surface area contributed by atoms with Gasteiger partial charge in [-0.1, -0.05) is 61.5 Å². The van der Waals surface area contributed by atoms with E-state index in [1.54, 1.807) is 25.1 Å². The molecular weight excluding hydrogens is 484 g/mol. The summed E-state index contributed by atoms with van der Waals surface area (Å²) in [5.41, 5.74) is 6.60. The third-order valence-corrected chi connectivity index (χ3v) is 6.56. The minimum Gasteiger partial charge on any atom is -0.487 e. The van der Waals surface area contributed by atoms with Crippen LogP contribution in [0.5, 0.6) is 5.75 Å². The Morgan fingerprint density at radius 2 is 1.72 bits per heavy atom. The van der Waals surface area contributed by atoms with Gasteiger partial charge in [0.2, 0.25) is 5.91 Å². The van der Waals surface area contributed by atoms with E-state index in [0.717, 1.165) is 34.2 Å². The van der Waals surface area contributed by atoms with Gasteiger partial charge in [-0.25, -0.2) is 0 Å². The van der Waals surface area contributed by atoms with Crippen LogP contribution in [0.3, 0.4) is 0 Å². The van der Waals surface area contributed by atoms with Crippen molar-refractivity contribution in [3.8, 4) is 5.75 Å². The second-order valence-corrected chi connectivity index (χ2v) is 10.4. The highest BCUT2D eigenvalue weighted by molar-refractivity contribution is 6.00. The van der Waals surface area contributed by atoms with Gasteiger partial charge in [-0.3, -0.25) is 9.89 Å². The normalized spacial score (nSPS) is 12.5. The SMILES string of the molecule is CCC(=C(c1ccc(OC(C)(C)CNCC=CC(=O)N(C)C)cc1)c1ccc2[nH]ncc2c1)c1ccccc1. The molecule has 0 aliphatic rings. The van der Waals surface area contributed by atoms with Crippen LogP contribution in [0.15, 0.2) is 91.1 Å². The fraction of sp³-hybridized carbons (Fsp3) is 0.273. The summed E-state index contributed by atoms with van der Waals surface area (Å²) in [5, 5.41) is 11.7. The number of ether oxygens (including phenoxy) is 1. The Labute approximate surface area is 231 Å². The molecule has 0 bridgehead atoms. The zero-order chi connectivity index (χ0) is 27.8.